The Labute approximate surface area is 106 Å². The summed E-state index contributed by atoms with van der Waals surface area (Å²) in [5.74, 6) is 0.737. The van der Waals surface area contributed by atoms with Crippen molar-refractivity contribution in [2.45, 2.75) is 26.9 Å². The maximum atomic E-state index is 5.73. The van der Waals surface area contributed by atoms with Crippen molar-refractivity contribution in [3.63, 3.8) is 0 Å². The van der Waals surface area contributed by atoms with Crippen LogP contribution >= 0.6 is 0 Å². The topological polar surface area (TPSA) is 36.5 Å². The van der Waals surface area contributed by atoms with Crippen LogP contribution in [0.1, 0.15) is 20.8 Å². The number of nitrogens with one attached hydrogen (secondary N) is 2. The number of nitrogens with zero attached hydrogens (tertiary/aromatic N) is 1. The third kappa shape index (κ3) is 6.99. The van der Waals surface area contributed by atoms with Gasteiger partial charge in [-0.3, -0.25) is 4.90 Å². The van der Waals surface area contributed by atoms with Crippen molar-refractivity contribution in [3.8, 4) is 0 Å². The van der Waals surface area contributed by atoms with E-state index < -0.39 is 0 Å². The quantitative estimate of drug-likeness (QED) is 0.610. The van der Waals surface area contributed by atoms with E-state index in [1.54, 1.807) is 0 Å². The van der Waals surface area contributed by atoms with Crippen LogP contribution in [0.25, 0.3) is 0 Å². The summed E-state index contributed by atoms with van der Waals surface area (Å²) >= 11 is 0. The van der Waals surface area contributed by atoms with Gasteiger partial charge in [-0.15, -0.1) is 0 Å². The predicted molar refractivity (Wildman–Crippen MR) is 72.4 cm³/mol. The molecule has 1 aliphatic rings. The third-order valence-corrected chi connectivity index (χ3v) is 3.00. The zero-order valence-corrected chi connectivity index (χ0v) is 11.7. The van der Waals surface area contributed by atoms with Crippen LogP contribution in [0.3, 0.4) is 0 Å². The van der Waals surface area contributed by atoms with Gasteiger partial charge in [-0.25, -0.2) is 0 Å². The standard InChI is InChI=1S/C13H29N3O/c1-4-14-10-13-11-16(7-8-17-13)6-5-15-9-12(2)3/h12-15H,4-11H2,1-3H3/t13-/m1/s1. The lowest BCUT2D eigenvalue weighted by Crippen LogP contribution is -2.48. The number of morpholine rings is 1. The van der Waals surface area contributed by atoms with E-state index in [2.05, 4.69) is 36.3 Å². The number of ether oxygens (including phenoxy) is 1. The highest BCUT2D eigenvalue weighted by atomic mass is 16.5. The van der Waals surface area contributed by atoms with Crippen LogP contribution in [0, 0.1) is 5.92 Å². The molecule has 102 valence electrons. The van der Waals surface area contributed by atoms with Gasteiger partial charge in [0.1, 0.15) is 0 Å². The molecule has 0 saturated carbocycles. The fourth-order valence-electron chi connectivity index (χ4n) is 2.04. The first-order valence-corrected chi connectivity index (χ1v) is 6.97. The Hall–Kier alpha value is -0.160. The van der Waals surface area contributed by atoms with Gasteiger partial charge < -0.3 is 15.4 Å². The van der Waals surface area contributed by atoms with E-state index in [0.29, 0.717) is 6.10 Å². The largest absolute Gasteiger partial charge is 0.374 e. The SMILES string of the molecule is CCNC[C@@H]1CN(CCNCC(C)C)CCO1. The van der Waals surface area contributed by atoms with Crippen molar-refractivity contribution < 1.29 is 4.74 Å². The maximum Gasteiger partial charge on any atom is 0.0826 e. The molecule has 1 fully saturated rings. The van der Waals surface area contributed by atoms with E-state index in [1.807, 2.05) is 0 Å². The monoisotopic (exact) mass is 243 g/mol. The van der Waals surface area contributed by atoms with Gasteiger partial charge >= 0.3 is 0 Å². The molecular formula is C13H29N3O. The first kappa shape index (κ1) is 14.9. The minimum absolute atomic E-state index is 0.369. The smallest absolute Gasteiger partial charge is 0.0826 e. The third-order valence-electron chi connectivity index (χ3n) is 3.00. The Kier molecular flexibility index (Phi) is 7.77. The van der Waals surface area contributed by atoms with Crippen molar-refractivity contribution in [2.75, 3.05) is 52.4 Å². The first-order valence-electron chi connectivity index (χ1n) is 6.97. The molecule has 4 nitrogen and oxygen atoms in total. The van der Waals surface area contributed by atoms with Crippen LogP contribution < -0.4 is 10.6 Å². The first-order chi connectivity index (χ1) is 8.22. The van der Waals surface area contributed by atoms with Crippen molar-refractivity contribution in [3.05, 3.63) is 0 Å². The lowest BCUT2D eigenvalue weighted by Gasteiger charge is -2.33. The summed E-state index contributed by atoms with van der Waals surface area (Å²) in [5, 5.41) is 6.85. The molecule has 1 atom stereocenters. The fraction of sp³-hybridized carbons (Fsp3) is 1.00. The van der Waals surface area contributed by atoms with Crippen LogP contribution in [-0.4, -0.2) is 63.4 Å². The van der Waals surface area contributed by atoms with Gasteiger partial charge in [0.05, 0.1) is 12.7 Å². The molecule has 0 aromatic heterocycles. The van der Waals surface area contributed by atoms with Crippen LogP contribution in [0.5, 0.6) is 0 Å². The highest BCUT2D eigenvalue weighted by Gasteiger charge is 2.19. The van der Waals surface area contributed by atoms with Crippen molar-refractivity contribution in [1.29, 1.82) is 0 Å². The molecule has 1 saturated heterocycles. The van der Waals surface area contributed by atoms with Gasteiger partial charge in [-0.2, -0.15) is 0 Å². The van der Waals surface area contributed by atoms with Gasteiger partial charge in [0, 0.05) is 32.7 Å². The lowest BCUT2D eigenvalue weighted by molar-refractivity contribution is -0.0263. The Morgan fingerprint density at radius 3 is 2.88 bits per heavy atom. The van der Waals surface area contributed by atoms with E-state index in [4.69, 9.17) is 4.74 Å². The molecule has 0 aliphatic carbocycles. The molecule has 1 rings (SSSR count). The van der Waals surface area contributed by atoms with Gasteiger partial charge in [0.25, 0.3) is 0 Å². The number of likely N-dealkylation sites (N-methyl/N-ethyl adjacent to an activating group) is 1. The second kappa shape index (κ2) is 8.86. The summed E-state index contributed by atoms with van der Waals surface area (Å²) in [6.45, 7) is 15.0. The molecule has 0 aromatic rings. The molecule has 0 radical (unpaired) electrons. The average molecular weight is 243 g/mol. The van der Waals surface area contributed by atoms with E-state index in [1.165, 1.54) is 0 Å². The van der Waals surface area contributed by atoms with Crippen LogP contribution in [-0.2, 0) is 4.74 Å². The molecular weight excluding hydrogens is 214 g/mol. The maximum absolute atomic E-state index is 5.73. The fourth-order valence-corrected chi connectivity index (χ4v) is 2.04. The minimum atomic E-state index is 0.369. The van der Waals surface area contributed by atoms with Crippen molar-refractivity contribution in [1.82, 2.24) is 15.5 Å². The summed E-state index contributed by atoms with van der Waals surface area (Å²) in [4.78, 5) is 2.50. The molecule has 0 spiro atoms. The predicted octanol–water partition coefficient (Wildman–Crippen LogP) is 0.542. The van der Waals surface area contributed by atoms with Gasteiger partial charge in [0.15, 0.2) is 0 Å². The van der Waals surface area contributed by atoms with E-state index in [9.17, 15) is 0 Å². The molecule has 1 heterocycles. The second-order valence-corrected chi connectivity index (χ2v) is 5.20. The van der Waals surface area contributed by atoms with Gasteiger partial charge in [-0.05, 0) is 19.0 Å². The zero-order valence-electron chi connectivity index (χ0n) is 11.7. The highest BCUT2D eigenvalue weighted by molar-refractivity contribution is 4.73. The molecule has 0 unspecified atom stereocenters. The molecule has 2 N–H and O–H groups in total. The Balaban J connectivity index is 2.07. The molecule has 17 heavy (non-hydrogen) atoms. The Morgan fingerprint density at radius 1 is 1.35 bits per heavy atom. The van der Waals surface area contributed by atoms with Crippen LogP contribution in [0.2, 0.25) is 0 Å². The summed E-state index contributed by atoms with van der Waals surface area (Å²) in [7, 11) is 0. The van der Waals surface area contributed by atoms with Crippen LogP contribution in [0.15, 0.2) is 0 Å². The number of hydrogen-bond donors (Lipinski definition) is 2. The summed E-state index contributed by atoms with van der Waals surface area (Å²) in [6.07, 6.45) is 0.369. The lowest BCUT2D eigenvalue weighted by atomic mass is 10.2. The molecule has 4 heteroatoms. The van der Waals surface area contributed by atoms with Crippen molar-refractivity contribution >= 4 is 0 Å². The van der Waals surface area contributed by atoms with E-state index >= 15 is 0 Å². The molecule has 0 bridgehead atoms. The van der Waals surface area contributed by atoms with E-state index in [-0.39, 0.29) is 0 Å². The minimum Gasteiger partial charge on any atom is -0.374 e. The number of rotatable bonds is 8. The van der Waals surface area contributed by atoms with Crippen molar-refractivity contribution in [2.24, 2.45) is 5.92 Å². The summed E-state index contributed by atoms with van der Waals surface area (Å²) in [6, 6.07) is 0. The second-order valence-electron chi connectivity index (χ2n) is 5.20. The Morgan fingerprint density at radius 2 is 2.18 bits per heavy atom. The molecule has 0 aromatic carbocycles. The molecule has 1 aliphatic heterocycles. The van der Waals surface area contributed by atoms with Gasteiger partial charge in [-0.1, -0.05) is 20.8 Å². The summed E-state index contributed by atoms with van der Waals surface area (Å²) in [5.41, 5.74) is 0. The number of hydrogen-bond acceptors (Lipinski definition) is 4. The molecule has 0 amide bonds. The Bertz CT molecular complexity index is 188. The van der Waals surface area contributed by atoms with Gasteiger partial charge in [0.2, 0.25) is 0 Å². The normalized spacial score (nSPS) is 22.2. The van der Waals surface area contributed by atoms with Crippen LogP contribution in [0.4, 0.5) is 0 Å². The van der Waals surface area contributed by atoms with E-state index in [0.717, 1.165) is 58.3 Å². The summed E-state index contributed by atoms with van der Waals surface area (Å²) < 4.78 is 5.73. The average Bonchev–Trinajstić information content (AvgIpc) is 2.32. The zero-order chi connectivity index (χ0) is 12.5. The highest BCUT2D eigenvalue weighted by Crippen LogP contribution is 2.03.